The van der Waals surface area contributed by atoms with Gasteiger partial charge in [-0.2, -0.15) is 0 Å². The van der Waals surface area contributed by atoms with Gasteiger partial charge in [-0.05, 0) is 13.3 Å². The highest BCUT2D eigenvalue weighted by Gasteiger charge is 2.22. The Kier molecular flexibility index (Phi) is 7.95. The molecule has 2 N–H and O–H groups in total. The molecule has 0 aliphatic heterocycles. The Morgan fingerprint density at radius 3 is 2.35 bits per heavy atom. The molecule has 2 amide bonds. The van der Waals surface area contributed by atoms with Crippen molar-refractivity contribution in [2.24, 2.45) is 0 Å². The molecule has 0 bridgehead atoms. The van der Waals surface area contributed by atoms with Crippen molar-refractivity contribution in [3.05, 3.63) is 0 Å². The summed E-state index contributed by atoms with van der Waals surface area (Å²) in [4.78, 5) is 45.8. The van der Waals surface area contributed by atoms with Gasteiger partial charge in [0.05, 0.1) is 13.2 Å². The summed E-state index contributed by atoms with van der Waals surface area (Å²) >= 11 is 0. The van der Waals surface area contributed by atoms with Gasteiger partial charge in [-0.25, -0.2) is 4.79 Å². The van der Waals surface area contributed by atoms with E-state index in [9.17, 15) is 19.2 Å². The predicted molar refractivity (Wildman–Crippen MR) is 68.7 cm³/mol. The first-order chi connectivity index (χ1) is 9.27. The van der Waals surface area contributed by atoms with Crippen LogP contribution in [0.1, 0.15) is 26.7 Å². The maximum Gasteiger partial charge on any atom is 0.326 e. The molecule has 0 rings (SSSR count). The summed E-state index contributed by atoms with van der Waals surface area (Å²) in [6, 6.07) is -1.19. The van der Waals surface area contributed by atoms with E-state index in [4.69, 9.17) is 5.11 Å². The van der Waals surface area contributed by atoms with E-state index in [1.807, 2.05) is 0 Å². The van der Waals surface area contributed by atoms with Crippen LogP contribution in [0.4, 0.5) is 0 Å². The van der Waals surface area contributed by atoms with Crippen molar-refractivity contribution >= 4 is 23.8 Å². The van der Waals surface area contributed by atoms with Gasteiger partial charge in [0.1, 0.15) is 6.04 Å². The molecule has 114 valence electrons. The van der Waals surface area contributed by atoms with Gasteiger partial charge < -0.3 is 20.1 Å². The number of hydrogen-bond acceptors (Lipinski definition) is 5. The van der Waals surface area contributed by atoms with Crippen LogP contribution in [0.5, 0.6) is 0 Å². The number of rotatable bonds is 8. The van der Waals surface area contributed by atoms with E-state index < -0.39 is 23.9 Å². The van der Waals surface area contributed by atoms with Crippen molar-refractivity contribution in [1.29, 1.82) is 0 Å². The first-order valence-corrected chi connectivity index (χ1v) is 6.17. The molecule has 1 atom stereocenters. The molecular formula is C12H20N2O6. The summed E-state index contributed by atoms with van der Waals surface area (Å²) in [5, 5.41) is 11.2. The molecule has 0 saturated heterocycles. The molecule has 0 fully saturated rings. The average molecular weight is 288 g/mol. The lowest BCUT2D eigenvalue weighted by molar-refractivity contribution is -0.145. The number of nitrogens with zero attached hydrogens (tertiary/aromatic N) is 1. The van der Waals surface area contributed by atoms with Crippen molar-refractivity contribution < 1.29 is 29.0 Å². The second-order valence-electron chi connectivity index (χ2n) is 4.18. The largest absolute Gasteiger partial charge is 0.480 e. The number of likely N-dealkylation sites (N-methyl/N-ethyl adjacent to an activating group) is 1. The smallest absolute Gasteiger partial charge is 0.326 e. The molecule has 8 nitrogen and oxygen atoms in total. The monoisotopic (exact) mass is 288 g/mol. The van der Waals surface area contributed by atoms with Crippen LogP contribution in [0, 0.1) is 0 Å². The lowest BCUT2D eigenvalue weighted by Gasteiger charge is -2.18. The molecule has 0 radical (unpaired) electrons. The molecule has 0 unspecified atom stereocenters. The van der Waals surface area contributed by atoms with Gasteiger partial charge in [0.15, 0.2) is 0 Å². The summed E-state index contributed by atoms with van der Waals surface area (Å²) in [5.74, 6) is -2.67. The first-order valence-electron chi connectivity index (χ1n) is 6.17. The molecule has 0 aromatic rings. The Morgan fingerprint density at radius 1 is 1.30 bits per heavy atom. The van der Waals surface area contributed by atoms with E-state index in [0.717, 1.165) is 4.90 Å². The Bertz CT molecular complexity index is 382. The zero-order chi connectivity index (χ0) is 15.7. The van der Waals surface area contributed by atoms with Crippen molar-refractivity contribution in [2.45, 2.75) is 32.7 Å². The van der Waals surface area contributed by atoms with Gasteiger partial charge in [-0.15, -0.1) is 0 Å². The minimum absolute atomic E-state index is 0.0658. The minimum Gasteiger partial charge on any atom is -0.480 e. The number of carboxylic acids is 1. The summed E-state index contributed by atoms with van der Waals surface area (Å²) < 4.78 is 4.68. The molecule has 0 aromatic heterocycles. The lowest BCUT2D eigenvalue weighted by atomic mass is 10.1. The van der Waals surface area contributed by atoms with E-state index >= 15 is 0 Å². The van der Waals surface area contributed by atoms with E-state index in [0.29, 0.717) is 0 Å². The van der Waals surface area contributed by atoms with Gasteiger partial charge in [0, 0.05) is 20.4 Å². The molecule has 0 aliphatic rings. The van der Waals surface area contributed by atoms with E-state index in [1.165, 1.54) is 14.0 Å². The lowest BCUT2D eigenvalue weighted by Crippen LogP contribution is -2.45. The number of aliphatic carboxylic acids is 1. The Balaban J connectivity index is 4.33. The van der Waals surface area contributed by atoms with Crippen LogP contribution in [0.15, 0.2) is 0 Å². The third-order valence-electron chi connectivity index (χ3n) is 2.49. The molecule has 0 aromatic carbocycles. The standard InChI is InChI=1S/C12H20N2O6/c1-4-20-11(17)6-5-9(12(18)19)13-10(16)7-14(3)8(2)15/h9H,4-7H2,1-3H3,(H,13,16)(H,18,19)/t9-/m0/s1. The molecule has 0 spiro atoms. The van der Waals surface area contributed by atoms with Gasteiger partial charge in [0.2, 0.25) is 11.8 Å². The number of hydrogen-bond donors (Lipinski definition) is 2. The van der Waals surface area contributed by atoms with Crippen LogP contribution in [-0.2, 0) is 23.9 Å². The van der Waals surface area contributed by atoms with Crippen LogP contribution in [0.3, 0.4) is 0 Å². The second-order valence-corrected chi connectivity index (χ2v) is 4.18. The number of carbonyl (C=O) groups is 4. The summed E-state index contributed by atoms with van der Waals surface area (Å²) in [6.07, 6.45) is -0.169. The fourth-order valence-corrected chi connectivity index (χ4v) is 1.32. The molecule has 0 aliphatic carbocycles. The fraction of sp³-hybridized carbons (Fsp3) is 0.667. The van der Waals surface area contributed by atoms with Crippen LogP contribution in [0.2, 0.25) is 0 Å². The Hall–Kier alpha value is -2.12. The fourth-order valence-electron chi connectivity index (χ4n) is 1.32. The minimum atomic E-state index is -1.24. The quantitative estimate of drug-likeness (QED) is 0.575. The maximum absolute atomic E-state index is 11.6. The number of carboxylic acid groups (broad SMARTS) is 1. The normalized spacial score (nSPS) is 11.3. The zero-order valence-corrected chi connectivity index (χ0v) is 11.8. The highest BCUT2D eigenvalue weighted by molar-refractivity contribution is 5.87. The maximum atomic E-state index is 11.6. The van der Waals surface area contributed by atoms with Crippen molar-refractivity contribution in [1.82, 2.24) is 10.2 Å². The van der Waals surface area contributed by atoms with E-state index in [-0.39, 0.29) is 31.9 Å². The number of esters is 1. The SMILES string of the molecule is CCOC(=O)CC[C@H](NC(=O)CN(C)C(C)=O)C(=O)O. The Labute approximate surface area is 117 Å². The van der Waals surface area contributed by atoms with Gasteiger partial charge in [-0.1, -0.05) is 0 Å². The van der Waals surface area contributed by atoms with Crippen LogP contribution >= 0.6 is 0 Å². The van der Waals surface area contributed by atoms with Crippen molar-refractivity contribution in [2.75, 3.05) is 20.2 Å². The number of amides is 2. The highest BCUT2D eigenvalue weighted by atomic mass is 16.5. The molecule has 0 saturated carbocycles. The van der Waals surface area contributed by atoms with Crippen LogP contribution in [-0.4, -0.2) is 60.0 Å². The molecular weight excluding hydrogens is 268 g/mol. The first kappa shape index (κ1) is 17.9. The average Bonchev–Trinajstić information content (AvgIpc) is 2.34. The van der Waals surface area contributed by atoms with E-state index in [2.05, 4.69) is 10.1 Å². The van der Waals surface area contributed by atoms with Gasteiger partial charge in [0.25, 0.3) is 0 Å². The number of carbonyl (C=O) groups excluding carboxylic acids is 3. The highest BCUT2D eigenvalue weighted by Crippen LogP contribution is 2.00. The Morgan fingerprint density at radius 2 is 1.90 bits per heavy atom. The van der Waals surface area contributed by atoms with Crippen LogP contribution < -0.4 is 5.32 Å². The molecule has 0 heterocycles. The topological polar surface area (TPSA) is 113 Å². The van der Waals surface area contributed by atoms with Crippen molar-refractivity contribution in [3.8, 4) is 0 Å². The third-order valence-corrected chi connectivity index (χ3v) is 2.49. The number of ether oxygens (including phenoxy) is 1. The summed E-state index contributed by atoms with van der Waals surface area (Å²) in [7, 11) is 1.43. The van der Waals surface area contributed by atoms with Crippen molar-refractivity contribution in [3.63, 3.8) is 0 Å². The third kappa shape index (κ3) is 7.34. The second kappa shape index (κ2) is 8.89. The van der Waals surface area contributed by atoms with Gasteiger partial charge >= 0.3 is 11.9 Å². The molecule has 8 heteroatoms. The summed E-state index contributed by atoms with van der Waals surface area (Å²) in [5.41, 5.74) is 0. The number of nitrogens with one attached hydrogen (secondary N) is 1. The molecule has 20 heavy (non-hydrogen) atoms. The van der Waals surface area contributed by atoms with Gasteiger partial charge in [-0.3, -0.25) is 14.4 Å². The summed E-state index contributed by atoms with van der Waals surface area (Å²) in [6.45, 7) is 2.92. The van der Waals surface area contributed by atoms with Crippen LogP contribution in [0.25, 0.3) is 0 Å². The predicted octanol–water partition coefficient (Wildman–Crippen LogP) is -0.623. The zero-order valence-electron chi connectivity index (χ0n) is 11.8. The van der Waals surface area contributed by atoms with E-state index in [1.54, 1.807) is 6.92 Å².